The summed E-state index contributed by atoms with van der Waals surface area (Å²) >= 11 is 0. The summed E-state index contributed by atoms with van der Waals surface area (Å²) < 4.78 is 57.2. The monoisotopic (exact) mass is 846 g/mol. The summed E-state index contributed by atoms with van der Waals surface area (Å²) in [6, 6.07) is 17.1. The standard InChI is InChI=1S/C51H75NO7S/c1-33(2)36(6)46(7)26-27-48(9)39-22-23-42-47(8)30-57-32-51(42,40(39)24-25-49(48,10)43(46)45(53)58-29-37-16-14-13-15-17-37)28-41(56-12)44(47)59-31-50(11,34(3)4)52-60(54,55)38-20-18-35(5)19-21-38/h13-21,24,33-34,36,39,41-44,52H,22-23,25-32H2,1-12H3/t36-,39+,41-,42+,43-,44+,46-,47+,48-,49+,50+,51+/m1/s1. The molecule has 332 valence electrons. The van der Waals surface area contributed by atoms with E-state index in [1.54, 1.807) is 19.2 Å². The van der Waals surface area contributed by atoms with Crippen LogP contribution in [0.5, 0.6) is 0 Å². The lowest BCUT2D eigenvalue weighted by Crippen LogP contribution is -2.70. The van der Waals surface area contributed by atoms with Crippen molar-refractivity contribution in [3.8, 4) is 0 Å². The quantitative estimate of drug-likeness (QED) is 0.158. The maximum atomic E-state index is 14.8. The molecular weight excluding hydrogens is 771 g/mol. The summed E-state index contributed by atoms with van der Waals surface area (Å²) in [5.41, 5.74) is 1.45. The number of ether oxygens (including phenoxy) is 4. The minimum Gasteiger partial charge on any atom is -0.461 e. The van der Waals surface area contributed by atoms with Crippen molar-refractivity contribution in [2.45, 2.75) is 144 Å². The van der Waals surface area contributed by atoms with Crippen LogP contribution in [0, 0.1) is 69.5 Å². The summed E-state index contributed by atoms with van der Waals surface area (Å²) in [5.74, 6) is 1.04. The van der Waals surface area contributed by atoms with E-state index in [1.807, 2.05) is 70.2 Å². The molecule has 0 spiro atoms. The Kier molecular flexibility index (Phi) is 12.3. The first-order valence-electron chi connectivity index (χ1n) is 22.9. The second-order valence-corrected chi connectivity index (χ2v) is 23.5. The number of benzene rings is 2. The van der Waals surface area contributed by atoms with Gasteiger partial charge in [0.15, 0.2) is 0 Å². The maximum Gasteiger partial charge on any atom is 0.310 e. The number of esters is 1. The van der Waals surface area contributed by atoms with E-state index in [1.165, 1.54) is 5.57 Å². The van der Waals surface area contributed by atoms with Crippen molar-refractivity contribution in [2.75, 3.05) is 26.9 Å². The fourth-order valence-electron chi connectivity index (χ4n) is 13.5. The third-order valence-electron chi connectivity index (χ3n) is 18.1. The molecule has 8 nitrogen and oxygen atoms in total. The molecule has 2 aromatic rings. The second kappa shape index (κ2) is 16.2. The molecule has 1 heterocycles. The highest BCUT2D eigenvalue weighted by Gasteiger charge is 2.72. The van der Waals surface area contributed by atoms with Gasteiger partial charge in [-0.1, -0.05) is 122 Å². The Bertz CT molecular complexity index is 2020. The minimum atomic E-state index is -3.80. The summed E-state index contributed by atoms with van der Waals surface area (Å²) in [5, 5.41) is 0. The van der Waals surface area contributed by atoms with Crippen LogP contribution in [0.2, 0.25) is 0 Å². The van der Waals surface area contributed by atoms with Crippen LogP contribution in [-0.4, -0.2) is 59.1 Å². The number of carbonyl (C=O) groups is 1. The smallest absolute Gasteiger partial charge is 0.310 e. The highest BCUT2D eigenvalue weighted by atomic mass is 32.2. The van der Waals surface area contributed by atoms with Crippen LogP contribution in [0.15, 0.2) is 71.1 Å². The molecule has 60 heavy (non-hydrogen) atoms. The Balaban J connectivity index is 1.20. The predicted octanol–water partition coefficient (Wildman–Crippen LogP) is 10.3. The van der Waals surface area contributed by atoms with Gasteiger partial charge in [-0.2, -0.15) is 0 Å². The van der Waals surface area contributed by atoms with E-state index in [-0.39, 0.29) is 75.2 Å². The maximum absolute atomic E-state index is 14.8. The molecular formula is C51H75NO7S. The van der Waals surface area contributed by atoms with E-state index in [9.17, 15) is 13.2 Å². The molecule has 3 saturated carbocycles. The van der Waals surface area contributed by atoms with E-state index in [2.05, 4.69) is 59.3 Å². The SMILES string of the molecule is CO[C@@H]1C[C@@]23COC[C@@](C)([C@@H]2CC[C@H]2C3=CC[C@@]3(C)[C@H](C(=O)OCc4ccccc4)[C@@](C)([C@H](C)C(C)C)CC[C@]23C)[C@H]1OC[C@](C)(NS(=O)(=O)c1ccc(C)cc1)C(C)C. The van der Waals surface area contributed by atoms with Crippen LogP contribution in [0.3, 0.4) is 0 Å². The van der Waals surface area contributed by atoms with E-state index in [4.69, 9.17) is 18.9 Å². The van der Waals surface area contributed by atoms with Crippen molar-refractivity contribution in [1.29, 1.82) is 0 Å². The lowest BCUT2D eigenvalue weighted by atomic mass is 9.34. The van der Waals surface area contributed by atoms with Gasteiger partial charge in [0, 0.05) is 17.9 Å². The van der Waals surface area contributed by atoms with E-state index >= 15 is 0 Å². The van der Waals surface area contributed by atoms with Gasteiger partial charge in [0.1, 0.15) is 6.61 Å². The zero-order valence-corrected chi connectivity index (χ0v) is 39.5. The summed E-state index contributed by atoms with van der Waals surface area (Å²) in [6.07, 6.45) is 7.79. The van der Waals surface area contributed by atoms with Gasteiger partial charge in [-0.25, -0.2) is 13.1 Å². The first-order valence-corrected chi connectivity index (χ1v) is 24.3. The average Bonchev–Trinajstić information content (AvgIpc) is 3.19. The molecule has 0 radical (unpaired) electrons. The van der Waals surface area contributed by atoms with Crippen LogP contribution >= 0.6 is 0 Å². The van der Waals surface area contributed by atoms with E-state index < -0.39 is 15.6 Å². The normalized spacial score (nSPS) is 37.9. The van der Waals surface area contributed by atoms with Crippen molar-refractivity contribution in [3.05, 3.63) is 77.4 Å². The van der Waals surface area contributed by atoms with Gasteiger partial charge in [-0.3, -0.25) is 4.79 Å². The average molecular weight is 846 g/mol. The van der Waals surface area contributed by atoms with Crippen molar-refractivity contribution in [1.82, 2.24) is 4.72 Å². The van der Waals surface area contributed by atoms with Gasteiger partial charge in [-0.05, 0) is 116 Å². The van der Waals surface area contributed by atoms with Gasteiger partial charge in [-0.15, -0.1) is 0 Å². The first kappa shape index (κ1) is 45.5. The van der Waals surface area contributed by atoms with Crippen molar-refractivity contribution < 1.29 is 32.2 Å². The molecule has 5 aliphatic rings. The molecule has 0 amide bonds. The van der Waals surface area contributed by atoms with Gasteiger partial charge in [0.2, 0.25) is 10.0 Å². The Hall–Kier alpha value is -2.56. The molecule has 4 aliphatic carbocycles. The van der Waals surface area contributed by atoms with Crippen molar-refractivity contribution >= 4 is 16.0 Å². The molecule has 1 saturated heterocycles. The molecule has 12 atom stereocenters. The fraction of sp³-hybridized carbons (Fsp3) is 0.706. The van der Waals surface area contributed by atoms with Crippen molar-refractivity contribution in [3.63, 3.8) is 0 Å². The number of hydrogen-bond acceptors (Lipinski definition) is 7. The number of carbonyl (C=O) groups excluding carboxylic acids is 1. The highest BCUT2D eigenvalue weighted by Crippen LogP contribution is 2.75. The molecule has 4 fully saturated rings. The number of sulfonamides is 1. The second-order valence-electron chi connectivity index (χ2n) is 21.8. The van der Waals surface area contributed by atoms with Gasteiger partial charge < -0.3 is 18.9 Å². The number of methoxy groups -OCH3 is 1. The highest BCUT2D eigenvalue weighted by molar-refractivity contribution is 7.89. The zero-order valence-electron chi connectivity index (χ0n) is 38.7. The molecule has 0 aromatic heterocycles. The third kappa shape index (κ3) is 7.26. The molecule has 7 rings (SSSR count). The molecule has 1 aliphatic heterocycles. The Labute approximate surface area is 362 Å². The number of nitrogens with one attached hydrogen (secondary N) is 1. The third-order valence-corrected chi connectivity index (χ3v) is 19.7. The lowest BCUT2D eigenvalue weighted by molar-refractivity contribution is -0.270. The summed E-state index contributed by atoms with van der Waals surface area (Å²) in [4.78, 5) is 15.1. The molecule has 1 N–H and O–H groups in total. The molecule has 0 unspecified atom stereocenters. The summed E-state index contributed by atoms with van der Waals surface area (Å²) in [7, 11) is -2.00. The van der Waals surface area contributed by atoms with Crippen LogP contribution in [-0.2, 0) is 40.4 Å². The van der Waals surface area contributed by atoms with Gasteiger partial charge >= 0.3 is 5.97 Å². The van der Waals surface area contributed by atoms with E-state index in [0.717, 1.165) is 49.7 Å². The van der Waals surface area contributed by atoms with Gasteiger partial charge in [0.05, 0.1) is 48.4 Å². The van der Waals surface area contributed by atoms with Crippen molar-refractivity contribution in [2.24, 2.45) is 62.6 Å². The lowest BCUT2D eigenvalue weighted by Gasteiger charge is -2.71. The number of rotatable bonds is 13. The Morgan fingerprint density at radius 3 is 2.25 bits per heavy atom. The Morgan fingerprint density at radius 2 is 1.62 bits per heavy atom. The Morgan fingerprint density at radius 1 is 0.933 bits per heavy atom. The number of fused-ring (bicyclic) bond motifs is 3. The molecule has 9 heteroatoms. The zero-order chi connectivity index (χ0) is 43.7. The first-order chi connectivity index (χ1) is 28.1. The van der Waals surface area contributed by atoms with E-state index in [0.29, 0.717) is 36.9 Å². The number of allylic oxidation sites excluding steroid dienone is 1. The van der Waals surface area contributed by atoms with Crippen LogP contribution < -0.4 is 4.72 Å². The minimum absolute atomic E-state index is 0.0463. The largest absolute Gasteiger partial charge is 0.461 e. The number of hydrogen-bond donors (Lipinski definition) is 1. The van der Waals surface area contributed by atoms with Crippen LogP contribution in [0.1, 0.15) is 119 Å². The van der Waals surface area contributed by atoms with Crippen LogP contribution in [0.4, 0.5) is 0 Å². The van der Waals surface area contributed by atoms with Crippen LogP contribution in [0.25, 0.3) is 0 Å². The van der Waals surface area contributed by atoms with Gasteiger partial charge in [0.25, 0.3) is 0 Å². The molecule has 2 aromatic carbocycles. The predicted molar refractivity (Wildman–Crippen MR) is 237 cm³/mol. The topological polar surface area (TPSA) is 100 Å². The fourth-order valence-corrected chi connectivity index (χ4v) is 15.0. The summed E-state index contributed by atoms with van der Waals surface area (Å²) in [6.45, 7) is 26.3. The molecule has 2 bridgehead atoms. The number of aryl methyl sites for hydroxylation is 1.